The summed E-state index contributed by atoms with van der Waals surface area (Å²) in [4.78, 5) is 61.0. The first-order chi connectivity index (χ1) is 57.0. The quantitative estimate of drug-likeness (QED) is 0.0461. The number of ether oxygens (including phenoxy) is 4. The Morgan fingerprint density at radius 1 is 0.427 bits per heavy atom. The Hall–Kier alpha value is -10.1. The molecule has 9 aromatic heterocycles. The number of aryl methyl sites for hydroxylation is 2. The van der Waals surface area contributed by atoms with E-state index in [2.05, 4.69) is 100 Å². The fourth-order valence-corrected chi connectivity index (χ4v) is 18.2. The van der Waals surface area contributed by atoms with E-state index in [1.165, 1.54) is 95.6 Å². The standard InChI is InChI=1S/C22H25ClN6O.C21H24ClN7O.C21H26N6O.C20H25ClN4O3S/c23-18-14-24-22(25-15-18)28-9-5-16(6-10-28)21-13-17(21)7-12-30-20-3-1-19(2-4-20)29-11-8-26-27-29;22-17-12-24-21(25-13-17)28-7-3-15(4-8-28)19-11-16(19)5-10-30-20-2-1-18(14-23-20)29-9-6-26-27-29;1-14-12-23-21(24-13-14)27-6-3-16(4-7-27)19-9-17(19)5-8-28-20-10-18(11-22)25-15(2)26-20;1-29(26,27)17-2-3-19(22-13-17)28-9-6-15-10-18(15)14-4-7-25(8-5-14)20-23-11-16(21)12-24-20/h1-4,8,11,14-17,21H,5-7,9-10,12-13H2;1-2,6,9,12-16,19H,3-5,7-8,10-11H2;10,12-13,16-17,19H,3-9H2,1-2H3;2-3,11-15,18H,4-10H2,1H3/t17-,21?;16-,19?;17-,19?;15-,18?/m1111/s1. The van der Waals surface area contributed by atoms with Crippen molar-refractivity contribution in [2.75, 3.05) is 105 Å². The summed E-state index contributed by atoms with van der Waals surface area (Å²) >= 11 is 17.6. The third kappa shape index (κ3) is 23.2. The highest BCUT2D eigenvalue weighted by atomic mass is 35.5. The molecule has 18 rings (SSSR count). The fourth-order valence-electron chi connectivity index (χ4n) is 17.4. The number of sulfone groups is 1. The van der Waals surface area contributed by atoms with Crippen molar-refractivity contribution < 1.29 is 27.4 Å². The Labute approximate surface area is 698 Å². The summed E-state index contributed by atoms with van der Waals surface area (Å²) < 4.78 is 49.6. The summed E-state index contributed by atoms with van der Waals surface area (Å²) in [7, 11) is -3.22. The summed E-state index contributed by atoms with van der Waals surface area (Å²) in [6, 6.07) is 18.6. The van der Waals surface area contributed by atoms with Gasteiger partial charge in [0.1, 0.15) is 23.3 Å². The van der Waals surface area contributed by atoms with Gasteiger partial charge in [0.05, 0.1) is 126 Å². The molecule has 0 amide bonds. The van der Waals surface area contributed by atoms with Gasteiger partial charge >= 0.3 is 0 Å². The van der Waals surface area contributed by atoms with Gasteiger partial charge in [0.2, 0.25) is 41.4 Å². The van der Waals surface area contributed by atoms with E-state index in [1.54, 1.807) is 90.4 Å². The van der Waals surface area contributed by atoms with Gasteiger partial charge in [-0.05, 0) is 230 Å². The molecular formula is C84H100Cl3N23O6S. The molecule has 117 heavy (non-hydrogen) atoms. The largest absolute Gasteiger partial charge is 0.494 e. The molecule has 0 bridgehead atoms. The van der Waals surface area contributed by atoms with Gasteiger partial charge < -0.3 is 38.5 Å². The lowest BCUT2D eigenvalue weighted by Gasteiger charge is -2.32. The van der Waals surface area contributed by atoms with E-state index in [9.17, 15) is 8.42 Å². The van der Waals surface area contributed by atoms with Gasteiger partial charge in [-0.2, -0.15) is 10.2 Å². The van der Waals surface area contributed by atoms with Crippen LogP contribution < -0.4 is 38.5 Å². The van der Waals surface area contributed by atoms with E-state index in [1.807, 2.05) is 68.0 Å². The van der Waals surface area contributed by atoms with Crippen LogP contribution in [0.15, 0.2) is 146 Å². The normalized spacial score (nSPS) is 21.9. The molecule has 614 valence electrons. The number of nitriles is 1. The van der Waals surface area contributed by atoms with Crippen LogP contribution in [0.1, 0.15) is 120 Å². The average Bonchev–Trinajstić information content (AvgIpc) is 1.72. The topological polar surface area (TPSA) is 324 Å². The summed E-state index contributed by atoms with van der Waals surface area (Å²) in [5.74, 6) is 15.9. The van der Waals surface area contributed by atoms with E-state index < -0.39 is 9.84 Å². The molecule has 29 nitrogen and oxygen atoms in total. The zero-order valence-corrected chi connectivity index (χ0v) is 69.4. The lowest BCUT2D eigenvalue weighted by Crippen LogP contribution is -2.35. The number of rotatable bonds is 27. The lowest BCUT2D eigenvalue weighted by atomic mass is 9.90. The predicted octanol–water partition coefficient (Wildman–Crippen LogP) is 13.8. The van der Waals surface area contributed by atoms with Gasteiger partial charge in [-0.15, -0.1) is 10.2 Å². The first-order valence-electron chi connectivity index (χ1n) is 41.0. The number of hydrogen-bond donors (Lipinski definition) is 0. The number of piperidine rings is 4. The number of aromatic nitrogens is 18. The molecule has 4 unspecified atom stereocenters. The van der Waals surface area contributed by atoms with Crippen LogP contribution in [0, 0.1) is 96.2 Å². The van der Waals surface area contributed by atoms with Crippen molar-refractivity contribution in [3.05, 3.63) is 174 Å². The van der Waals surface area contributed by atoms with Crippen molar-refractivity contribution in [3.63, 3.8) is 0 Å². The van der Waals surface area contributed by atoms with Crippen LogP contribution in [-0.2, 0) is 9.84 Å². The minimum Gasteiger partial charge on any atom is -0.494 e. The van der Waals surface area contributed by atoms with Crippen molar-refractivity contribution in [1.82, 2.24) is 89.8 Å². The van der Waals surface area contributed by atoms with E-state index in [-0.39, 0.29) is 4.90 Å². The van der Waals surface area contributed by atoms with Crippen molar-refractivity contribution in [1.29, 1.82) is 5.26 Å². The lowest BCUT2D eigenvalue weighted by molar-refractivity contribution is 0.275. The van der Waals surface area contributed by atoms with Crippen LogP contribution in [-0.4, -0.2) is 183 Å². The molecule has 4 aliphatic heterocycles. The van der Waals surface area contributed by atoms with Gasteiger partial charge in [-0.3, -0.25) is 0 Å². The third-order valence-electron chi connectivity index (χ3n) is 24.2. The Morgan fingerprint density at radius 3 is 1.14 bits per heavy atom. The van der Waals surface area contributed by atoms with E-state index in [0.717, 1.165) is 196 Å². The summed E-state index contributed by atoms with van der Waals surface area (Å²) in [5, 5.41) is 26.3. The Balaban J connectivity index is 0.000000122. The highest BCUT2D eigenvalue weighted by Gasteiger charge is 2.47. The van der Waals surface area contributed by atoms with Crippen molar-refractivity contribution in [2.45, 2.75) is 121 Å². The van der Waals surface area contributed by atoms with Crippen LogP contribution in [0.25, 0.3) is 11.4 Å². The molecule has 13 heterocycles. The van der Waals surface area contributed by atoms with Crippen molar-refractivity contribution in [2.24, 2.45) is 71.0 Å². The number of nitrogens with zero attached hydrogens (tertiary/aromatic N) is 23. The maximum atomic E-state index is 11.5. The molecular weight excluding hydrogens is 1570 g/mol. The molecule has 33 heteroatoms. The van der Waals surface area contributed by atoms with Crippen LogP contribution in [0.5, 0.6) is 23.4 Å². The molecule has 1 aromatic carbocycles. The predicted molar refractivity (Wildman–Crippen MR) is 444 cm³/mol. The second kappa shape index (κ2) is 39.0. The minimum absolute atomic E-state index is 0.211. The molecule has 8 aliphatic rings. The SMILES string of the molecule is CS(=O)(=O)c1ccc(OCC[C@@H]2CC2C2CCN(c3ncc(Cl)cn3)CC2)nc1.Cc1cnc(N2CCC(C3C[C@H]3CCOc3cc(C#N)nc(C)n3)CC2)nc1.Clc1cnc(N2CCC(C3C[C@H]3CCOc3ccc(-n4ccnn4)cc3)CC2)nc1.Clc1cnc(N2CCC(C3C[C@H]3CCOc3ccc(-n4ccnn4)cn3)CC2)nc1. The van der Waals surface area contributed by atoms with E-state index in [0.29, 0.717) is 70.0 Å². The zero-order chi connectivity index (χ0) is 80.6. The second-order valence-corrected chi connectivity index (χ2v) is 35.4. The molecule has 10 aromatic rings. The third-order valence-corrected chi connectivity index (χ3v) is 25.9. The molecule has 0 N–H and O–H groups in total. The molecule has 4 aliphatic carbocycles. The highest BCUT2D eigenvalue weighted by Crippen LogP contribution is 2.53. The molecule has 8 atom stereocenters. The maximum absolute atomic E-state index is 11.5. The average molecular weight is 1670 g/mol. The van der Waals surface area contributed by atoms with Crippen LogP contribution in [0.4, 0.5) is 23.8 Å². The number of hydrogen-bond acceptors (Lipinski definition) is 27. The monoisotopic (exact) mass is 1660 g/mol. The van der Waals surface area contributed by atoms with Gasteiger partial charge in [0.25, 0.3) is 0 Å². The molecule has 4 saturated carbocycles. The first-order valence-corrected chi connectivity index (χ1v) is 44.0. The van der Waals surface area contributed by atoms with Crippen LogP contribution >= 0.6 is 34.8 Å². The molecule has 0 spiro atoms. The number of benzene rings is 1. The molecule has 0 radical (unpaired) electrons. The number of anilines is 4. The second-order valence-electron chi connectivity index (χ2n) is 32.0. The zero-order valence-electron chi connectivity index (χ0n) is 66.3. The van der Waals surface area contributed by atoms with Crippen molar-refractivity contribution >= 4 is 68.4 Å². The van der Waals surface area contributed by atoms with Gasteiger partial charge in [-0.1, -0.05) is 45.2 Å². The number of pyridine rings is 2. The summed E-state index contributed by atoms with van der Waals surface area (Å²) in [5.41, 5.74) is 3.31. The fraction of sp³-hybridized carbons (Fsp3) is 0.512. The summed E-state index contributed by atoms with van der Waals surface area (Å²) in [6.45, 7) is 14.7. The van der Waals surface area contributed by atoms with Crippen molar-refractivity contribution in [3.8, 4) is 40.8 Å². The molecule has 8 fully saturated rings. The van der Waals surface area contributed by atoms with E-state index >= 15 is 0 Å². The Bertz CT molecular complexity index is 4750. The smallest absolute Gasteiger partial charge is 0.225 e. The van der Waals surface area contributed by atoms with Crippen LogP contribution in [0.2, 0.25) is 15.1 Å². The Kier molecular flexibility index (Phi) is 27.3. The minimum atomic E-state index is -3.22. The summed E-state index contributed by atoms with van der Waals surface area (Å²) in [6.07, 6.45) is 44.2. The van der Waals surface area contributed by atoms with Gasteiger partial charge in [0.15, 0.2) is 9.84 Å². The van der Waals surface area contributed by atoms with Gasteiger partial charge in [0, 0.05) is 95.4 Å². The first kappa shape index (κ1) is 82.0. The van der Waals surface area contributed by atoms with Crippen LogP contribution in [0.3, 0.4) is 0 Å². The Morgan fingerprint density at radius 2 is 0.786 bits per heavy atom. The highest BCUT2D eigenvalue weighted by molar-refractivity contribution is 7.90. The van der Waals surface area contributed by atoms with Gasteiger partial charge in [-0.25, -0.2) is 72.6 Å². The maximum Gasteiger partial charge on any atom is 0.225 e. The van der Waals surface area contributed by atoms with E-state index in [4.69, 9.17) is 59.0 Å². The molecule has 4 saturated heterocycles. The number of halogens is 3.